The molecule has 1 heterocycles. The predicted octanol–water partition coefficient (Wildman–Crippen LogP) is 4.06. The molecule has 1 aromatic heterocycles. The Bertz CT molecular complexity index is 255. The highest BCUT2D eigenvalue weighted by molar-refractivity contribution is 5.03. The highest BCUT2D eigenvalue weighted by atomic mass is 16.3. The molecule has 0 aromatic carbocycles. The maximum Gasteiger partial charge on any atom is 0.191 e. The standard InChI is InChI=1S/C12H21NO/c1-4-6-8-11(7-5-2)12-9-14-10(3)13-12/h9,11H,4-8H2,1-3H3. The number of oxazole rings is 1. The van der Waals surface area contributed by atoms with E-state index in [4.69, 9.17) is 4.42 Å². The lowest BCUT2D eigenvalue weighted by atomic mass is 9.94. The van der Waals surface area contributed by atoms with Gasteiger partial charge in [0.2, 0.25) is 0 Å². The molecular weight excluding hydrogens is 174 g/mol. The summed E-state index contributed by atoms with van der Waals surface area (Å²) in [5.74, 6) is 1.40. The molecular formula is C12H21NO. The van der Waals surface area contributed by atoms with Gasteiger partial charge in [-0.3, -0.25) is 0 Å². The van der Waals surface area contributed by atoms with Gasteiger partial charge in [-0.15, -0.1) is 0 Å². The van der Waals surface area contributed by atoms with Crippen LogP contribution in [0.5, 0.6) is 0 Å². The van der Waals surface area contributed by atoms with Crippen molar-refractivity contribution in [3.05, 3.63) is 17.8 Å². The van der Waals surface area contributed by atoms with Crippen LogP contribution in [0, 0.1) is 6.92 Å². The molecule has 0 amide bonds. The number of aryl methyl sites for hydroxylation is 1. The van der Waals surface area contributed by atoms with Crippen LogP contribution >= 0.6 is 0 Å². The summed E-state index contributed by atoms with van der Waals surface area (Å²) in [5.41, 5.74) is 1.15. The van der Waals surface area contributed by atoms with Gasteiger partial charge in [-0.25, -0.2) is 4.98 Å². The molecule has 2 heteroatoms. The monoisotopic (exact) mass is 195 g/mol. The van der Waals surface area contributed by atoms with Crippen LogP contribution in [-0.2, 0) is 0 Å². The van der Waals surface area contributed by atoms with Crippen molar-refractivity contribution in [1.29, 1.82) is 0 Å². The van der Waals surface area contributed by atoms with Gasteiger partial charge >= 0.3 is 0 Å². The SMILES string of the molecule is CCCCC(CCC)c1coc(C)n1. The van der Waals surface area contributed by atoms with E-state index in [0.29, 0.717) is 5.92 Å². The molecule has 0 bridgehead atoms. The molecule has 0 aliphatic rings. The molecule has 0 radical (unpaired) electrons. The third-order valence-corrected chi connectivity index (χ3v) is 2.60. The minimum Gasteiger partial charge on any atom is -0.449 e. The molecule has 1 aromatic rings. The Labute approximate surface area is 86.7 Å². The van der Waals surface area contributed by atoms with Crippen LogP contribution in [-0.4, -0.2) is 4.98 Å². The van der Waals surface area contributed by atoms with E-state index in [1.165, 1.54) is 32.1 Å². The number of rotatable bonds is 6. The van der Waals surface area contributed by atoms with E-state index in [-0.39, 0.29) is 0 Å². The van der Waals surface area contributed by atoms with Crippen molar-refractivity contribution < 1.29 is 4.42 Å². The molecule has 14 heavy (non-hydrogen) atoms. The molecule has 0 aliphatic heterocycles. The lowest BCUT2D eigenvalue weighted by Gasteiger charge is -2.11. The van der Waals surface area contributed by atoms with Crippen LogP contribution < -0.4 is 0 Å². The summed E-state index contributed by atoms with van der Waals surface area (Å²) in [5, 5.41) is 0. The molecule has 0 saturated heterocycles. The second kappa shape index (κ2) is 5.84. The Morgan fingerprint density at radius 2 is 2.07 bits per heavy atom. The van der Waals surface area contributed by atoms with Crippen molar-refractivity contribution in [2.24, 2.45) is 0 Å². The normalized spacial score (nSPS) is 13.1. The average molecular weight is 195 g/mol. The van der Waals surface area contributed by atoms with E-state index in [1.807, 2.05) is 13.2 Å². The zero-order valence-corrected chi connectivity index (χ0v) is 9.55. The van der Waals surface area contributed by atoms with Crippen molar-refractivity contribution in [2.75, 3.05) is 0 Å². The lowest BCUT2D eigenvalue weighted by Crippen LogP contribution is -1.99. The highest BCUT2D eigenvalue weighted by Gasteiger charge is 2.13. The van der Waals surface area contributed by atoms with Crippen LogP contribution in [0.1, 0.15) is 63.5 Å². The zero-order chi connectivity index (χ0) is 10.4. The van der Waals surface area contributed by atoms with Crippen molar-refractivity contribution in [2.45, 2.75) is 58.8 Å². The summed E-state index contributed by atoms with van der Waals surface area (Å²) in [6.07, 6.45) is 8.07. The summed E-state index contributed by atoms with van der Waals surface area (Å²) < 4.78 is 5.26. The molecule has 0 aliphatic carbocycles. The predicted molar refractivity (Wildman–Crippen MR) is 58.4 cm³/mol. The summed E-state index contributed by atoms with van der Waals surface area (Å²) in [7, 11) is 0. The third-order valence-electron chi connectivity index (χ3n) is 2.60. The second-order valence-corrected chi connectivity index (χ2v) is 3.92. The summed E-state index contributed by atoms with van der Waals surface area (Å²) >= 11 is 0. The third kappa shape index (κ3) is 3.17. The number of hydrogen-bond acceptors (Lipinski definition) is 2. The molecule has 1 atom stereocenters. The molecule has 1 unspecified atom stereocenters. The van der Waals surface area contributed by atoms with Crippen LogP contribution in [0.4, 0.5) is 0 Å². The topological polar surface area (TPSA) is 26.0 Å². The largest absolute Gasteiger partial charge is 0.449 e. The highest BCUT2D eigenvalue weighted by Crippen LogP contribution is 2.26. The van der Waals surface area contributed by atoms with Crippen LogP contribution in [0.25, 0.3) is 0 Å². The van der Waals surface area contributed by atoms with Crippen molar-refractivity contribution >= 4 is 0 Å². The summed E-state index contributed by atoms with van der Waals surface area (Å²) in [6, 6.07) is 0. The Balaban J connectivity index is 2.57. The van der Waals surface area contributed by atoms with Gasteiger partial charge in [0.25, 0.3) is 0 Å². The minimum atomic E-state index is 0.609. The maximum atomic E-state index is 5.26. The van der Waals surface area contributed by atoms with Crippen LogP contribution in [0.2, 0.25) is 0 Å². The van der Waals surface area contributed by atoms with E-state index in [2.05, 4.69) is 18.8 Å². The average Bonchev–Trinajstić information content (AvgIpc) is 2.59. The molecule has 0 N–H and O–H groups in total. The first kappa shape index (κ1) is 11.3. The van der Waals surface area contributed by atoms with Gasteiger partial charge in [0.05, 0.1) is 5.69 Å². The zero-order valence-electron chi connectivity index (χ0n) is 9.55. The van der Waals surface area contributed by atoms with E-state index in [1.54, 1.807) is 0 Å². The molecule has 0 spiro atoms. The lowest BCUT2D eigenvalue weighted by molar-refractivity contribution is 0.509. The van der Waals surface area contributed by atoms with Crippen molar-refractivity contribution in [3.63, 3.8) is 0 Å². The molecule has 0 saturated carbocycles. The fraction of sp³-hybridized carbons (Fsp3) is 0.750. The fourth-order valence-electron chi connectivity index (χ4n) is 1.81. The van der Waals surface area contributed by atoms with Crippen LogP contribution in [0.3, 0.4) is 0 Å². The van der Waals surface area contributed by atoms with Gasteiger partial charge in [0.1, 0.15) is 6.26 Å². The number of aromatic nitrogens is 1. The first-order valence-electron chi connectivity index (χ1n) is 5.70. The second-order valence-electron chi connectivity index (χ2n) is 3.92. The van der Waals surface area contributed by atoms with Gasteiger partial charge in [0.15, 0.2) is 5.89 Å². The molecule has 80 valence electrons. The van der Waals surface area contributed by atoms with Crippen molar-refractivity contribution in [3.8, 4) is 0 Å². The first-order valence-corrected chi connectivity index (χ1v) is 5.70. The Hall–Kier alpha value is -0.790. The molecule has 2 nitrogen and oxygen atoms in total. The summed E-state index contributed by atoms with van der Waals surface area (Å²) in [4.78, 5) is 4.42. The fourth-order valence-corrected chi connectivity index (χ4v) is 1.81. The first-order chi connectivity index (χ1) is 6.77. The van der Waals surface area contributed by atoms with Crippen molar-refractivity contribution in [1.82, 2.24) is 4.98 Å². The number of unbranched alkanes of at least 4 members (excludes halogenated alkanes) is 1. The Kier molecular flexibility index (Phi) is 4.71. The molecule has 1 rings (SSSR count). The Morgan fingerprint density at radius 3 is 2.57 bits per heavy atom. The van der Waals surface area contributed by atoms with E-state index in [0.717, 1.165) is 11.6 Å². The van der Waals surface area contributed by atoms with Crippen LogP contribution in [0.15, 0.2) is 10.7 Å². The smallest absolute Gasteiger partial charge is 0.191 e. The quantitative estimate of drug-likeness (QED) is 0.684. The van der Waals surface area contributed by atoms with E-state index >= 15 is 0 Å². The van der Waals surface area contributed by atoms with Gasteiger partial charge in [-0.05, 0) is 12.8 Å². The van der Waals surface area contributed by atoms with E-state index < -0.39 is 0 Å². The minimum absolute atomic E-state index is 0.609. The van der Waals surface area contributed by atoms with E-state index in [9.17, 15) is 0 Å². The Morgan fingerprint density at radius 1 is 1.29 bits per heavy atom. The maximum absolute atomic E-state index is 5.26. The van der Waals surface area contributed by atoms with Gasteiger partial charge in [-0.2, -0.15) is 0 Å². The number of nitrogens with zero attached hydrogens (tertiary/aromatic N) is 1. The van der Waals surface area contributed by atoms with Gasteiger partial charge < -0.3 is 4.42 Å². The summed E-state index contributed by atoms with van der Waals surface area (Å²) in [6.45, 7) is 6.37. The van der Waals surface area contributed by atoms with Gasteiger partial charge in [0, 0.05) is 12.8 Å². The number of hydrogen-bond donors (Lipinski definition) is 0. The van der Waals surface area contributed by atoms with Gasteiger partial charge in [-0.1, -0.05) is 33.1 Å². The molecule has 0 fully saturated rings.